The molecule has 0 radical (unpaired) electrons. The van der Waals surface area contributed by atoms with Gasteiger partial charge in [-0.2, -0.15) is 0 Å². The van der Waals surface area contributed by atoms with Gasteiger partial charge in [-0.05, 0) is 24.9 Å². The van der Waals surface area contributed by atoms with E-state index >= 15 is 0 Å². The molecule has 1 atom stereocenters. The summed E-state index contributed by atoms with van der Waals surface area (Å²) in [4.78, 5) is 2.04. The van der Waals surface area contributed by atoms with Crippen LogP contribution in [0.2, 0.25) is 0 Å². The Kier molecular flexibility index (Phi) is 5.43. The largest absolute Gasteiger partial charge is 0.522 e. The number of alkyl halides is 3. The highest BCUT2D eigenvalue weighted by atomic mass is 19.4. The van der Waals surface area contributed by atoms with Crippen LogP contribution in [0.5, 0.6) is 0 Å². The van der Waals surface area contributed by atoms with Crippen LogP contribution in [0, 0.1) is 5.41 Å². The highest BCUT2D eigenvalue weighted by Gasteiger charge is 2.30. The Hall–Kier alpha value is -0.330. The third-order valence-corrected chi connectivity index (χ3v) is 3.20. The SMILES string of the molecule is CC(C)(C)C1CN(CCOC(F)(F)F)CCCN1. The second kappa shape index (κ2) is 6.21. The zero-order chi connectivity index (χ0) is 13.8. The Morgan fingerprint density at radius 2 is 1.94 bits per heavy atom. The highest BCUT2D eigenvalue weighted by Crippen LogP contribution is 2.22. The van der Waals surface area contributed by atoms with Crippen LogP contribution in [0.4, 0.5) is 13.2 Å². The summed E-state index contributed by atoms with van der Waals surface area (Å²) in [7, 11) is 0. The van der Waals surface area contributed by atoms with Crippen molar-refractivity contribution in [2.75, 3.05) is 32.8 Å². The van der Waals surface area contributed by atoms with Crippen LogP contribution in [0.15, 0.2) is 0 Å². The lowest BCUT2D eigenvalue weighted by atomic mass is 9.86. The van der Waals surface area contributed by atoms with Gasteiger partial charge in [-0.25, -0.2) is 0 Å². The molecular formula is C12H23F3N2O. The van der Waals surface area contributed by atoms with Crippen molar-refractivity contribution in [3.05, 3.63) is 0 Å². The van der Waals surface area contributed by atoms with Crippen molar-refractivity contribution in [3.63, 3.8) is 0 Å². The predicted molar refractivity (Wildman–Crippen MR) is 64.3 cm³/mol. The molecule has 0 aromatic carbocycles. The van der Waals surface area contributed by atoms with Crippen LogP contribution in [-0.2, 0) is 4.74 Å². The van der Waals surface area contributed by atoms with E-state index in [9.17, 15) is 13.2 Å². The van der Waals surface area contributed by atoms with Gasteiger partial charge < -0.3 is 5.32 Å². The Morgan fingerprint density at radius 1 is 1.28 bits per heavy atom. The average molecular weight is 268 g/mol. The summed E-state index contributed by atoms with van der Waals surface area (Å²) in [6.07, 6.45) is -3.56. The van der Waals surface area contributed by atoms with Gasteiger partial charge >= 0.3 is 6.36 Å². The fourth-order valence-corrected chi connectivity index (χ4v) is 2.07. The zero-order valence-electron chi connectivity index (χ0n) is 11.3. The number of halogens is 3. The van der Waals surface area contributed by atoms with E-state index in [1.54, 1.807) is 0 Å². The van der Waals surface area contributed by atoms with Crippen molar-refractivity contribution in [3.8, 4) is 0 Å². The molecule has 3 nitrogen and oxygen atoms in total. The third kappa shape index (κ3) is 6.02. The van der Waals surface area contributed by atoms with E-state index in [-0.39, 0.29) is 12.0 Å². The van der Waals surface area contributed by atoms with Crippen LogP contribution < -0.4 is 5.32 Å². The van der Waals surface area contributed by atoms with Gasteiger partial charge in [-0.3, -0.25) is 9.64 Å². The Labute approximate surface area is 107 Å². The third-order valence-electron chi connectivity index (χ3n) is 3.20. The van der Waals surface area contributed by atoms with Crippen LogP contribution >= 0.6 is 0 Å². The smallest absolute Gasteiger partial charge is 0.312 e. The van der Waals surface area contributed by atoms with Crippen LogP contribution in [-0.4, -0.2) is 50.1 Å². The second-order valence-corrected chi connectivity index (χ2v) is 5.82. The molecule has 108 valence electrons. The lowest BCUT2D eigenvalue weighted by molar-refractivity contribution is -0.325. The number of nitrogens with one attached hydrogen (secondary N) is 1. The molecule has 1 unspecified atom stereocenters. The van der Waals surface area contributed by atoms with Gasteiger partial charge in [0.2, 0.25) is 0 Å². The minimum Gasteiger partial charge on any atom is -0.312 e. The minimum absolute atomic E-state index is 0.105. The molecule has 0 aliphatic carbocycles. The van der Waals surface area contributed by atoms with E-state index in [0.29, 0.717) is 12.6 Å². The summed E-state index contributed by atoms with van der Waals surface area (Å²) in [5, 5.41) is 3.45. The maximum absolute atomic E-state index is 11.9. The monoisotopic (exact) mass is 268 g/mol. The maximum atomic E-state index is 11.9. The molecule has 1 heterocycles. The van der Waals surface area contributed by atoms with Gasteiger partial charge in [-0.1, -0.05) is 20.8 Å². The summed E-state index contributed by atoms with van der Waals surface area (Å²) >= 11 is 0. The predicted octanol–water partition coefficient (Wildman–Crippen LogP) is 2.23. The fourth-order valence-electron chi connectivity index (χ4n) is 2.07. The van der Waals surface area contributed by atoms with E-state index in [1.165, 1.54) is 0 Å². The lowest BCUT2D eigenvalue weighted by Crippen LogP contribution is -2.46. The van der Waals surface area contributed by atoms with Crippen molar-refractivity contribution in [2.45, 2.75) is 39.6 Å². The van der Waals surface area contributed by atoms with Crippen molar-refractivity contribution in [2.24, 2.45) is 5.41 Å². The first kappa shape index (κ1) is 15.7. The van der Waals surface area contributed by atoms with Crippen LogP contribution in [0.25, 0.3) is 0 Å². The van der Waals surface area contributed by atoms with Gasteiger partial charge in [0.1, 0.15) is 0 Å². The van der Waals surface area contributed by atoms with Crippen molar-refractivity contribution in [1.82, 2.24) is 10.2 Å². The molecule has 1 N–H and O–H groups in total. The maximum Gasteiger partial charge on any atom is 0.522 e. The van der Waals surface area contributed by atoms with Crippen LogP contribution in [0.1, 0.15) is 27.2 Å². The molecule has 0 spiro atoms. The number of rotatable bonds is 3. The number of nitrogens with zero attached hydrogens (tertiary/aromatic N) is 1. The van der Waals surface area contributed by atoms with Gasteiger partial charge in [0.15, 0.2) is 0 Å². The summed E-state index contributed by atoms with van der Waals surface area (Å²) < 4.78 is 39.5. The van der Waals surface area contributed by atoms with E-state index in [4.69, 9.17) is 0 Å². The topological polar surface area (TPSA) is 24.5 Å². The molecule has 0 aromatic heterocycles. The molecule has 1 saturated heterocycles. The molecular weight excluding hydrogens is 245 g/mol. The van der Waals surface area contributed by atoms with Gasteiger partial charge in [-0.15, -0.1) is 13.2 Å². The molecule has 0 aromatic rings. The molecule has 1 fully saturated rings. The van der Waals surface area contributed by atoms with Gasteiger partial charge in [0.25, 0.3) is 0 Å². The number of ether oxygens (including phenoxy) is 1. The highest BCUT2D eigenvalue weighted by molar-refractivity contribution is 4.85. The summed E-state index contributed by atoms with van der Waals surface area (Å²) in [5.41, 5.74) is 0.105. The molecule has 0 bridgehead atoms. The quantitative estimate of drug-likeness (QED) is 0.849. The first-order valence-electron chi connectivity index (χ1n) is 6.35. The van der Waals surface area contributed by atoms with E-state index < -0.39 is 6.36 Å². The number of hydrogen-bond acceptors (Lipinski definition) is 3. The second-order valence-electron chi connectivity index (χ2n) is 5.82. The lowest BCUT2D eigenvalue weighted by Gasteiger charge is -2.33. The fraction of sp³-hybridized carbons (Fsp3) is 1.00. The average Bonchev–Trinajstić information content (AvgIpc) is 2.40. The molecule has 1 aliphatic heterocycles. The van der Waals surface area contributed by atoms with Gasteiger partial charge in [0, 0.05) is 19.1 Å². The van der Waals surface area contributed by atoms with E-state index in [2.05, 4.69) is 30.8 Å². The van der Waals surface area contributed by atoms with Crippen molar-refractivity contribution >= 4 is 0 Å². The van der Waals surface area contributed by atoms with Crippen LogP contribution in [0.3, 0.4) is 0 Å². The van der Waals surface area contributed by atoms with E-state index in [0.717, 1.165) is 26.1 Å². The summed E-state index contributed by atoms with van der Waals surface area (Å²) in [6, 6.07) is 0.297. The van der Waals surface area contributed by atoms with Crippen molar-refractivity contribution in [1.29, 1.82) is 0 Å². The summed E-state index contributed by atoms with van der Waals surface area (Å²) in [5.74, 6) is 0. The van der Waals surface area contributed by atoms with Crippen molar-refractivity contribution < 1.29 is 17.9 Å². The normalized spacial score (nSPS) is 24.0. The van der Waals surface area contributed by atoms with Gasteiger partial charge in [0.05, 0.1) is 6.61 Å². The molecule has 6 heteroatoms. The zero-order valence-corrected chi connectivity index (χ0v) is 11.3. The standard InChI is InChI=1S/C12H23F3N2O/c1-11(2,3)10-9-17(6-4-5-16-10)7-8-18-12(13,14)15/h10,16H,4-9H2,1-3H3. The molecule has 0 saturated carbocycles. The Morgan fingerprint density at radius 3 is 2.50 bits per heavy atom. The Bertz CT molecular complexity index is 251. The molecule has 1 rings (SSSR count). The number of hydrogen-bond donors (Lipinski definition) is 1. The Balaban J connectivity index is 2.40. The minimum atomic E-state index is -4.52. The van der Waals surface area contributed by atoms with E-state index in [1.807, 2.05) is 4.90 Å². The molecule has 18 heavy (non-hydrogen) atoms. The molecule has 1 aliphatic rings. The first-order chi connectivity index (χ1) is 8.18. The molecule has 0 amide bonds. The summed E-state index contributed by atoms with van der Waals surface area (Å²) in [6.45, 7) is 8.96. The first-order valence-corrected chi connectivity index (χ1v) is 6.35.